The summed E-state index contributed by atoms with van der Waals surface area (Å²) in [5.41, 5.74) is 0. The zero-order chi connectivity index (χ0) is 12.5. The molecule has 0 aliphatic carbocycles. The summed E-state index contributed by atoms with van der Waals surface area (Å²) in [4.78, 5) is 11.7. The third-order valence-corrected chi connectivity index (χ3v) is 2.84. The quantitative estimate of drug-likeness (QED) is 0.662. The Kier molecular flexibility index (Phi) is 7.21. The Morgan fingerprint density at radius 1 is 1.47 bits per heavy atom. The van der Waals surface area contributed by atoms with Gasteiger partial charge in [-0.15, -0.1) is 0 Å². The first-order chi connectivity index (χ1) is 8.20. The lowest BCUT2D eigenvalue weighted by molar-refractivity contribution is -0.123. The Morgan fingerprint density at radius 3 is 2.94 bits per heavy atom. The molecule has 2 N–H and O–H groups in total. The molecule has 0 saturated carbocycles. The largest absolute Gasteiger partial charge is 0.381 e. The van der Waals surface area contributed by atoms with Gasteiger partial charge < -0.3 is 15.4 Å². The lowest BCUT2D eigenvalue weighted by Gasteiger charge is -2.22. The highest BCUT2D eigenvalue weighted by Crippen LogP contribution is 2.06. The molecule has 0 spiro atoms. The molecular formula is C13H26N2O2. The van der Waals surface area contributed by atoms with Gasteiger partial charge in [-0.05, 0) is 31.7 Å². The molecular weight excluding hydrogens is 216 g/mol. The molecule has 4 nitrogen and oxygen atoms in total. The highest BCUT2D eigenvalue weighted by Gasteiger charge is 2.19. The molecule has 1 aliphatic rings. The van der Waals surface area contributed by atoms with E-state index in [1.54, 1.807) is 0 Å². The maximum atomic E-state index is 11.7. The molecule has 4 heteroatoms. The van der Waals surface area contributed by atoms with E-state index < -0.39 is 0 Å². The van der Waals surface area contributed by atoms with E-state index in [-0.39, 0.29) is 11.9 Å². The van der Waals surface area contributed by atoms with Crippen LogP contribution in [-0.2, 0) is 9.53 Å². The number of carbonyl (C=O) groups excluding carboxylic acids is 1. The second kappa shape index (κ2) is 8.48. The minimum atomic E-state index is 0.0281. The van der Waals surface area contributed by atoms with Crippen molar-refractivity contribution in [3.63, 3.8) is 0 Å². The van der Waals surface area contributed by atoms with Gasteiger partial charge in [-0.2, -0.15) is 0 Å². The van der Waals surface area contributed by atoms with Crippen LogP contribution < -0.4 is 10.6 Å². The molecule has 0 aromatic heterocycles. The highest BCUT2D eigenvalue weighted by atomic mass is 16.5. The summed E-state index contributed by atoms with van der Waals surface area (Å²) in [6, 6.07) is 0.0281. The van der Waals surface area contributed by atoms with Gasteiger partial charge in [0, 0.05) is 19.8 Å². The van der Waals surface area contributed by atoms with Crippen molar-refractivity contribution >= 4 is 5.91 Å². The molecule has 0 aromatic carbocycles. The molecule has 100 valence electrons. The van der Waals surface area contributed by atoms with Crippen molar-refractivity contribution in [3.05, 3.63) is 0 Å². The summed E-state index contributed by atoms with van der Waals surface area (Å²) in [7, 11) is 0. The summed E-state index contributed by atoms with van der Waals surface area (Å²) in [6.45, 7) is 7.49. The fourth-order valence-electron chi connectivity index (χ4n) is 1.90. The molecule has 0 unspecified atom stereocenters. The minimum absolute atomic E-state index is 0.0281. The second-order valence-electron chi connectivity index (χ2n) is 5.12. The Bertz CT molecular complexity index is 213. The van der Waals surface area contributed by atoms with Gasteiger partial charge in [0.05, 0.1) is 6.04 Å². The molecule has 1 aliphatic heterocycles. The third-order valence-electron chi connectivity index (χ3n) is 2.84. The fourth-order valence-corrected chi connectivity index (χ4v) is 1.90. The Labute approximate surface area is 104 Å². The van der Waals surface area contributed by atoms with Crippen molar-refractivity contribution in [2.24, 2.45) is 5.92 Å². The molecule has 1 heterocycles. The zero-order valence-electron chi connectivity index (χ0n) is 11.1. The average Bonchev–Trinajstić information content (AvgIpc) is 2.34. The molecule has 1 amide bonds. The molecule has 17 heavy (non-hydrogen) atoms. The van der Waals surface area contributed by atoms with E-state index >= 15 is 0 Å². The first-order valence-corrected chi connectivity index (χ1v) is 6.79. The van der Waals surface area contributed by atoms with Crippen molar-refractivity contribution < 1.29 is 9.53 Å². The minimum Gasteiger partial charge on any atom is -0.381 e. The van der Waals surface area contributed by atoms with E-state index in [2.05, 4.69) is 24.5 Å². The smallest absolute Gasteiger partial charge is 0.237 e. The van der Waals surface area contributed by atoms with Crippen molar-refractivity contribution in [1.29, 1.82) is 0 Å². The van der Waals surface area contributed by atoms with Crippen molar-refractivity contribution in [2.45, 2.75) is 45.6 Å². The average molecular weight is 242 g/mol. The topological polar surface area (TPSA) is 50.4 Å². The standard InChI is InChI=1S/C13H26N2O2/c1-11(2)10-17-9-5-8-15-13(16)12-6-3-4-7-14-12/h11-12,14H,3-10H2,1-2H3,(H,15,16)/t12-/m0/s1. The lowest BCUT2D eigenvalue weighted by atomic mass is 10.0. The fraction of sp³-hybridized carbons (Fsp3) is 0.923. The van der Waals surface area contributed by atoms with Crippen LogP contribution in [0.4, 0.5) is 0 Å². The monoisotopic (exact) mass is 242 g/mol. The zero-order valence-corrected chi connectivity index (χ0v) is 11.1. The van der Waals surface area contributed by atoms with Crippen LogP contribution in [0.5, 0.6) is 0 Å². The van der Waals surface area contributed by atoms with Gasteiger partial charge in [0.25, 0.3) is 0 Å². The van der Waals surface area contributed by atoms with Crippen LogP contribution in [0.2, 0.25) is 0 Å². The molecule has 1 saturated heterocycles. The van der Waals surface area contributed by atoms with Crippen LogP contribution in [0.3, 0.4) is 0 Å². The number of rotatable bonds is 7. The molecule has 0 radical (unpaired) electrons. The van der Waals surface area contributed by atoms with Crippen molar-refractivity contribution in [2.75, 3.05) is 26.3 Å². The third kappa shape index (κ3) is 6.64. The maximum Gasteiger partial charge on any atom is 0.237 e. The van der Waals surface area contributed by atoms with E-state index in [9.17, 15) is 4.79 Å². The van der Waals surface area contributed by atoms with Crippen molar-refractivity contribution in [1.82, 2.24) is 10.6 Å². The number of carbonyl (C=O) groups is 1. The van der Waals surface area contributed by atoms with E-state index in [1.165, 1.54) is 6.42 Å². The first-order valence-electron chi connectivity index (χ1n) is 6.79. The van der Waals surface area contributed by atoms with Crippen LogP contribution in [0, 0.1) is 5.92 Å². The Morgan fingerprint density at radius 2 is 2.29 bits per heavy atom. The molecule has 1 rings (SSSR count). The number of ether oxygens (including phenoxy) is 1. The number of hydrogen-bond acceptors (Lipinski definition) is 3. The van der Waals surface area contributed by atoms with Gasteiger partial charge in [-0.25, -0.2) is 0 Å². The summed E-state index contributed by atoms with van der Waals surface area (Å²) >= 11 is 0. The number of hydrogen-bond donors (Lipinski definition) is 2. The Hall–Kier alpha value is -0.610. The lowest BCUT2D eigenvalue weighted by Crippen LogP contribution is -2.46. The SMILES string of the molecule is CC(C)COCCCNC(=O)[C@@H]1CCCCN1. The summed E-state index contributed by atoms with van der Waals surface area (Å²) in [5, 5.41) is 6.20. The second-order valence-corrected chi connectivity index (χ2v) is 5.12. The summed E-state index contributed by atoms with van der Waals surface area (Å²) < 4.78 is 5.46. The normalized spacial score (nSPS) is 20.5. The predicted octanol–water partition coefficient (Wildman–Crippen LogP) is 1.31. The van der Waals surface area contributed by atoms with E-state index in [0.717, 1.165) is 45.6 Å². The van der Waals surface area contributed by atoms with E-state index in [0.29, 0.717) is 5.92 Å². The van der Waals surface area contributed by atoms with Crippen LogP contribution >= 0.6 is 0 Å². The van der Waals surface area contributed by atoms with Crippen LogP contribution in [0.25, 0.3) is 0 Å². The van der Waals surface area contributed by atoms with Gasteiger partial charge in [0.1, 0.15) is 0 Å². The van der Waals surface area contributed by atoms with Crippen LogP contribution in [0.1, 0.15) is 39.5 Å². The maximum absolute atomic E-state index is 11.7. The van der Waals surface area contributed by atoms with Gasteiger partial charge in [0.15, 0.2) is 0 Å². The molecule has 0 aromatic rings. The number of nitrogens with one attached hydrogen (secondary N) is 2. The van der Waals surface area contributed by atoms with Crippen LogP contribution in [0.15, 0.2) is 0 Å². The van der Waals surface area contributed by atoms with Gasteiger partial charge in [-0.1, -0.05) is 20.3 Å². The highest BCUT2D eigenvalue weighted by molar-refractivity contribution is 5.81. The number of piperidine rings is 1. The van der Waals surface area contributed by atoms with Gasteiger partial charge >= 0.3 is 0 Å². The van der Waals surface area contributed by atoms with E-state index in [4.69, 9.17) is 4.74 Å². The Balaban J connectivity index is 1.96. The van der Waals surface area contributed by atoms with Crippen LogP contribution in [-0.4, -0.2) is 38.3 Å². The van der Waals surface area contributed by atoms with Crippen molar-refractivity contribution in [3.8, 4) is 0 Å². The summed E-state index contributed by atoms with van der Waals surface area (Å²) in [6.07, 6.45) is 4.20. The van der Waals surface area contributed by atoms with Gasteiger partial charge in [-0.3, -0.25) is 4.79 Å². The number of amides is 1. The molecule has 1 atom stereocenters. The molecule has 1 fully saturated rings. The van der Waals surface area contributed by atoms with E-state index in [1.807, 2.05) is 0 Å². The summed E-state index contributed by atoms with van der Waals surface area (Å²) in [5.74, 6) is 0.726. The first kappa shape index (κ1) is 14.5. The predicted molar refractivity (Wildman–Crippen MR) is 68.9 cm³/mol. The van der Waals surface area contributed by atoms with Gasteiger partial charge in [0.2, 0.25) is 5.91 Å². The molecule has 0 bridgehead atoms.